The van der Waals surface area contributed by atoms with Gasteiger partial charge in [0.15, 0.2) is 5.65 Å². The van der Waals surface area contributed by atoms with Crippen molar-refractivity contribution in [3.63, 3.8) is 0 Å². The number of imidazole rings is 1. The third-order valence-corrected chi connectivity index (χ3v) is 4.96. The van der Waals surface area contributed by atoms with E-state index in [0.29, 0.717) is 44.1 Å². The Hall–Kier alpha value is -3.26. The first-order valence-corrected chi connectivity index (χ1v) is 9.72. The Morgan fingerprint density at radius 3 is 2.59 bits per heavy atom. The molecule has 0 radical (unpaired) electrons. The lowest BCUT2D eigenvalue weighted by Crippen LogP contribution is -2.50. The summed E-state index contributed by atoms with van der Waals surface area (Å²) in [6, 6.07) is 9.80. The van der Waals surface area contributed by atoms with Crippen molar-refractivity contribution >= 4 is 17.5 Å². The van der Waals surface area contributed by atoms with Gasteiger partial charge < -0.3 is 14.0 Å². The van der Waals surface area contributed by atoms with E-state index in [1.165, 1.54) is 0 Å². The zero-order valence-electron chi connectivity index (χ0n) is 16.3. The fourth-order valence-corrected chi connectivity index (χ4v) is 3.48. The zero-order valence-corrected chi connectivity index (χ0v) is 16.3. The van der Waals surface area contributed by atoms with Crippen LogP contribution in [0.4, 0.5) is 0 Å². The lowest BCUT2D eigenvalue weighted by atomic mass is 10.1. The minimum absolute atomic E-state index is 0.108. The first kappa shape index (κ1) is 19.1. The molecule has 29 heavy (non-hydrogen) atoms. The molecule has 1 aliphatic rings. The van der Waals surface area contributed by atoms with Crippen LogP contribution >= 0.6 is 0 Å². The van der Waals surface area contributed by atoms with E-state index in [9.17, 15) is 9.59 Å². The second-order valence-electron chi connectivity index (χ2n) is 6.87. The molecular weight excluding hydrogens is 370 g/mol. The molecule has 1 aliphatic heterocycles. The van der Waals surface area contributed by atoms with Crippen molar-refractivity contribution in [2.75, 3.05) is 39.3 Å². The average molecular weight is 393 g/mol. The Balaban J connectivity index is 1.48. The molecule has 1 aromatic carbocycles. The molecule has 1 fully saturated rings. The third kappa shape index (κ3) is 4.12. The highest BCUT2D eigenvalue weighted by Crippen LogP contribution is 2.22. The van der Waals surface area contributed by atoms with Crippen LogP contribution in [-0.4, -0.2) is 75.4 Å². The van der Waals surface area contributed by atoms with E-state index < -0.39 is 0 Å². The predicted octanol–water partition coefficient (Wildman–Crippen LogP) is 1.72. The first-order chi connectivity index (χ1) is 14.2. The number of carbonyl (C=O) groups excluding carboxylic acids is 2. The summed E-state index contributed by atoms with van der Waals surface area (Å²) in [5, 5.41) is 0. The molecule has 2 aromatic heterocycles. The van der Waals surface area contributed by atoms with Crippen LogP contribution in [0, 0.1) is 0 Å². The van der Waals surface area contributed by atoms with E-state index >= 15 is 0 Å². The standard InChI is InChI=1S/C21H23N5O3/c1-2-29-18(27)15-24-10-12-25(13-11-24)21(28)17-14-26-9-8-22-19(20(26)23-17)16-6-4-3-5-7-16/h3-9,14H,2,10-13,15H2,1H3. The van der Waals surface area contributed by atoms with Crippen molar-refractivity contribution in [2.24, 2.45) is 0 Å². The van der Waals surface area contributed by atoms with Crippen LogP contribution in [0.15, 0.2) is 48.9 Å². The third-order valence-electron chi connectivity index (χ3n) is 4.96. The number of ether oxygens (including phenoxy) is 1. The summed E-state index contributed by atoms with van der Waals surface area (Å²) in [7, 11) is 0. The molecule has 1 amide bonds. The number of hydrogen-bond donors (Lipinski definition) is 0. The fourth-order valence-electron chi connectivity index (χ4n) is 3.48. The number of piperazine rings is 1. The summed E-state index contributed by atoms with van der Waals surface area (Å²) < 4.78 is 6.82. The van der Waals surface area contributed by atoms with Crippen LogP contribution in [0.3, 0.4) is 0 Å². The van der Waals surface area contributed by atoms with Crippen LogP contribution in [0.2, 0.25) is 0 Å². The zero-order chi connectivity index (χ0) is 20.2. The maximum absolute atomic E-state index is 13.0. The summed E-state index contributed by atoms with van der Waals surface area (Å²) in [5.74, 6) is -0.336. The molecule has 0 atom stereocenters. The Kier molecular flexibility index (Phi) is 5.53. The Morgan fingerprint density at radius 1 is 1.10 bits per heavy atom. The number of esters is 1. The summed E-state index contributed by atoms with van der Waals surface area (Å²) in [4.78, 5) is 37.4. The maximum atomic E-state index is 13.0. The number of fused-ring (bicyclic) bond motifs is 1. The maximum Gasteiger partial charge on any atom is 0.320 e. The molecule has 8 heteroatoms. The number of benzene rings is 1. The molecule has 0 spiro atoms. The summed E-state index contributed by atoms with van der Waals surface area (Å²) in [6.45, 7) is 4.80. The van der Waals surface area contributed by atoms with Crippen LogP contribution in [0.1, 0.15) is 17.4 Å². The molecule has 0 aliphatic carbocycles. The second-order valence-corrected chi connectivity index (χ2v) is 6.87. The first-order valence-electron chi connectivity index (χ1n) is 9.72. The van der Waals surface area contributed by atoms with Crippen molar-refractivity contribution in [2.45, 2.75) is 6.92 Å². The normalized spacial score (nSPS) is 14.9. The van der Waals surface area contributed by atoms with Gasteiger partial charge in [-0.25, -0.2) is 4.98 Å². The highest BCUT2D eigenvalue weighted by molar-refractivity contribution is 5.93. The molecule has 4 rings (SSSR count). The number of aromatic nitrogens is 3. The topological polar surface area (TPSA) is 80.0 Å². The number of carbonyl (C=O) groups is 2. The largest absolute Gasteiger partial charge is 0.465 e. The van der Waals surface area contributed by atoms with Gasteiger partial charge in [0.1, 0.15) is 11.4 Å². The van der Waals surface area contributed by atoms with Gasteiger partial charge in [0.2, 0.25) is 0 Å². The number of rotatable bonds is 5. The van der Waals surface area contributed by atoms with E-state index in [2.05, 4.69) is 9.97 Å². The molecule has 8 nitrogen and oxygen atoms in total. The number of nitrogens with zero attached hydrogens (tertiary/aromatic N) is 5. The van der Waals surface area contributed by atoms with E-state index in [4.69, 9.17) is 4.74 Å². The molecule has 150 valence electrons. The smallest absolute Gasteiger partial charge is 0.320 e. The molecule has 0 bridgehead atoms. The van der Waals surface area contributed by atoms with Crippen LogP contribution in [0.5, 0.6) is 0 Å². The molecule has 3 heterocycles. The summed E-state index contributed by atoms with van der Waals surface area (Å²) in [6.07, 6.45) is 5.25. The minimum Gasteiger partial charge on any atom is -0.465 e. The van der Waals surface area contributed by atoms with Crippen LogP contribution in [-0.2, 0) is 9.53 Å². The lowest BCUT2D eigenvalue weighted by Gasteiger charge is -2.33. The van der Waals surface area contributed by atoms with Gasteiger partial charge in [-0.15, -0.1) is 0 Å². The highest BCUT2D eigenvalue weighted by atomic mass is 16.5. The quantitative estimate of drug-likeness (QED) is 0.614. The Morgan fingerprint density at radius 2 is 1.86 bits per heavy atom. The lowest BCUT2D eigenvalue weighted by molar-refractivity contribution is -0.144. The Bertz CT molecular complexity index is 1010. The van der Waals surface area contributed by atoms with E-state index in [-0.39, 0.29) is 18.4 Å². The average Bonchev–Trinajstić information content (AvgIpc) is 3.19. The molecular formula is C21H23N5O3. The molecule has 0 saturated carbocycles. The van der Waals surface area contributed by atoms with Crippen molar-refractivity contribution in [3.8, 4) is 11.3 Å². The van der Waals surface area contributed by atoms with Crippen LogP contribution < -0.4 is 0 Å². The van der Waals surface area contributed by atoms with Crippen molar-refractivity contribution in [3.05, 3.63) is 54.6 Å². The molecule has 3 aromatic rings. The van der Waals surface area contributed by atoms with Gasteiger partial charge in [0, 0.05) is 50.3 Å². The minimum atomic E-state index is -0.228. The number of amides is 1. The van der Waals surface area contributed by atoms with Crippen molar-refractivity contribution in [1.82, 2.24) is 24.2 Å². The fraction of sp³-hybridized carbons (Fsp3) is 0.333. The van der Waals surface area contributed by atoms with E-state index in [1.807, 2.05) is 39.6 Å². The highest BCUT2D eigenvalue weighted by Gasteiger charge is 2.25. The van der Waals surface area contributed by atoms with Gasteiger partial charge in [0.05, 0.1) is 13.2 Å². The number of hydrogen-bond acceptors (Lipinski definition) is 6. The monoisotopic (exact) mass is 393 g/mol. The van der Waals surface area contributed by atoms with Gasteiger partial charge in [-0.1, -0.05) is 30.3 Å². The van der Waals surface area contributed by atoms with E-state index in [1.54, 1.807) is 30.4 Å². The van der Waals surface area contributed by atoms with Crippen LogP contribution in [0.25, 0.3) is 16.9 Å². The summed E-state index contributed by atoms with van der Waals surface area (Å²) >= 11 is 0. The molecule has 1 saturated heterocycles. The van der Waals surface area contributed by atoms with Gasteiger partial charge in [-0.3, -0.25) is 19.5 Å². The van der Waals surface area contributed by atoms with Gasteiger partial charge in [-0.05, 0) is 6.92 Å². The molecule has 0 N–H and O–H groups in total. The molecule has 0 unspecified atom stereocenters. The predicted molar refractivity (Wildman–Crippen MR) is 107 cm³/mol. The second kappa shape index (κ2) is 8.40. The van der Waals surface area contributed by atoms with Gasteiger partial charge in [-0.2, -0.15) is 0 Å². The van der Waals surface area contributed by atoms with Crippen molar-refractivity contribution in [1.29, 1.82) is 0 Å². The Labute approximate surface area is 168 Å². The summed E-state index contributed by atoms with van der Waals surface area (Å²) in [5.41, 5.74) is 2.75. The van der Waals surface area contributed by atoms with Crippen molar-refractivity contribution < 1.29 is 14.3 Å². The van der Waals surface area contributed by atoms with Gasteiger partial charge >= 0.3 is 5.97 Å². The SMILES string of the molecule is CCOC(=O)CN1CCN(C(=O)c2cn3ccnc(-c4ccccc4)c3n2)CC1. The van der Waals surface area contributed by atoms with E-state index in [0.717, 1.165) is 11.3 Å². The van der Waals surface area contributed by atoms with Gasteiger partial charge in [0.25, 0.3) is 5.91 Å².